The summed E-state index contributed by atoms with van der Waals surface area (Å²) in [6.07, 6.45) is 0. The number of ether oxygens (including phenoxy) is 2. The van der Waals surface area contributed by atoms with Crippen molar-refractivity contribution in [3.63, 3.8) is 0 Å². The number of methoxy groups -OCH3 is 2. The van der Waals surface area contributed by atoms with Gasteiger partial charge in [0.25, 0.3) is 10.0 Å². The summed E-state index contributed by atoms with van der Waals surface area (Å²) < 4.78 is 38.3. The number of benzene rings is 2. The fourth-order valence-electron chi connectivity index (χ4n) is 3.12. The molecule has 0 spiro atoms. The smallest absolute Gasteiger partial charge is 0.349 e. The Morgan fingerprint density at radius 1 is 1.03 bits per heavy atom. The van der Waals surface area contributed by atoms with E-state index >= 15 is 0 Å². The molecule has 0 unspecified atom stereocenters. The van der Waals surface area contributed by atoms with E-state index in [1.165, 1.54) is 25.7 Å². The zero-order valence-electron chi connectivity index (χ0n) is 18.6. The lowest BCUT2D eigenvalue weighted by Crippen LogP contribution is -2.38. The average Bonchev–Trinajstić information content (AvgIpc) is 3.30. The number of sulfonamides is 1. The molecule has 0 atom stereocenters. The van der Waals surface area contributed by atoms with Gasteiger partial charge in [-0.3, -0.25) is 9.10 Å². The van der Waals surface area contributed by atoms with Crippen molar-refractivity contribution in [2.24, 2.45) is 0 Å². The van der Waals surface area contributed by atoms with Crippen molar-refractivity contribution in [2.45, 2.75) is 18.7 Å². The Morgan fingerprint density at radius 3 is 2.42 bits per heavy atom. The summed E-state index contributed by atoms with van der Waals surface area (Å²) in [7, 11) is -1.62. The molecule has 3 aromatic rings. The lowest BCUT2D eigenvalue weighted by molar-refractivity contribution is -0.114. The number of hydrogen-bond acceptors (Lipinski definition) is 7. The minimum absolute atomic E-state index is 0.0588. The lowest BCUT2D eigenvalue weighted by atomic mass is 10.1. The van der Waals surface area contributed by atoms with Crippen LogP contribution in [-0.2, 0) is 19.6 Å². The van der Waals surface area contributed by atoms with Gasteiger partial charge in [-0.05, 0) is 60.7 Å². The number of para-hydroxylation sites is 2. The van der Waals surface area contributed by atoms with Crippen molar-refractivity contribution in [3.05, 3.63) is 69.9 Å². The van der Waals surface area contributed by atoms with Crippen molar-refractivity contribution in [1.82, 2.24) is 0 Å². The number of rotatable bonds is 8. The molecule has 10 heteroatoms. The van der Waals surface area contributed by atoms with E-state index in [2.05, 4.69) is 5.32 Å². The van der Waals surface area contributed by atoms with E-state index in [0.717, 1.165) is 26.8 Å². The molecular formula is C23H24N2O6S2. The third-order valence-electron chi connectivity index (χ3n) is 5.01. The number of aryl methyl sites for hydroxylation is 2. The zero-order chi connectivity index (χ0) is 24.2. The number of thiophene rings is 1. The van der Waals surface area contributed by atoms with E-state index in [4.69, 9.17) is 9.47 Å². The van der Waals surface area contributed by atoms with E-state index in [1.807, 2.05) is 13.8 Å². The Labute approximate surface area is 196 Å². The highest BCUT2D eigenvalue weighted by Gasteiger charge is 2.32. The first-order valence-corrected chi connectivity index (χ1v) is 12.2. The first-order valence-electron chi connectivity index (χ1n) is 9.87. The molecule has 0 aliphatic rings. The lowest BCUT2D eigenvalue weighted by Gasteiger charge is -2.25. The van der Waals surface area contributed by atoms with Crippen LogP contribution in [0.25, 0.3) is 0 Å². The highest BCUT2D eigenvalue weighted by atomic mass is 32.2. The van der Waals surface area contributed by atoms with Crippen LogP contribution < -0.4 is 14.4 Å². The highest BCUT2D eigenvalue weighted by molar-refractivity contribution is 7.93. The summed E-state index contributed by atoms with van der Waals surface area (Å²) >= 11 is 0.956. The van der Waals surface area contributed by atoms with Gasteiger partial charge in [0, 0.05) is 0 Å². The molecule has 0 fully saturated rings. The molecule has 0 saturated heterocycles. The van der Waals surface area contributed by atoms with Gasteiger partial charge in [-0.25, -0.2) is 13.2 Å². The Morgan fingerprint density at radius 2 is 1.76 bits per heavy atom. The van der Waals surface area contributed by atoms with E-state index in [-0.39, 0.29) is 9.77 Å². The Balaban J connectivity index is 2.03. The Kier molecular flexibility index (Phi) is 7.39. The van der Waals surface area contributed by atoms with Crippen LogP contribution in [0.1, 0.15) is 20.8 Å². The molecule has 3 rings (SSSR count). The van der Waals surface area contributed by atoms with Crippen LogP contribution in [-0.4, -0.2) is 41.1 Å². The van der Waals surface area contributed by atoms with Crippen LogP contribution in [0.2, 0.25) is 0 Å². The van der Waals surface area contributed by atoms with Crippen molar-refractivity contribution >= 4 is 44.6 Å². The molecule has 0 bridgehead atoms. The maximum Gasteiger partial charge on any atom is 0.349 e. The van der Waals surface area contributed by atoms with Crippen LogP contribution in [0, 0.1) is 13.8 Å². The zero-order valence-corrected chi connectivity index (χ0v) is 20.2. The second-order valence-electron chi connectivity index (χ2n) is 7.13. The van der Waals surface area contributed by atoms with E-state index in [1.54, 1.807) is 42.5 Å². The number of nitrogens with one attached hydrogen (secondary N) is 1. The van der Waals surface area contributed by atoms with Gasteiger partial charge in [-0.15, -0.1) is 11.3 Å². The summed E-state index contributed by atoms with van der Waals surface area (Å²) in [5.74, 6) is -0.893. The molecule has 8 nitrogen and oxygen atoms in total. The number of esters is 1. The second-order valence-corrected chi connectivity index (χ2v) is 9.88. The third kappa shape index (κ3) is 5.18. The standard InChI is InChI=1S/C23H24N2O6S2/c1-15-9-10-17(13-16(15)2)25(14-21(26)24-18-7-5-6-8-19(18)30-3)33(28,29)20-11-12-32-22(20)23(27)31-4/h5-13H,14H2,1-4H3,(H,24,26). The number of carbonyl (C=O) groups excluding carboxylic acids is 2. The molecule has 1 heterocycles. The first-order chi connectivity index (χ1) is 15.7. The van der Waals surface area contributed by atoms with E-state index in [9.17, 15) is 18.0 Å². The predicted octanol–water partition coefficient (Wildman–Crippen LogP) is 3.99. The summed E-state index contributed by atoms with van der Waals surface area (Å²) in [5.41, 5.74) is 2.54. The Bertz CT molecular complexity index is 1280. The minimum atomic E-state index is -4.28. The summed E-state index contributed by atoms with van der Waals surface area (Å²) in [6, 6.07) is 13.2. The predicted molar refractivity (Wildman–Crippen MR) is 128 cm³/mol. The van der Waals surface area contributed by atoms with Gasteiger partial charge >= 0.3 is 5.97 Å². The van der Waals surface area contributed by atoms with Gasteiger partial charge < -0.3 is 14.8 Å². The van der Waals surface area contributed by atoms with Gasteiger partial charge in [-0.1, -0.05) is 18.2 Å². The van der Waals surface area contributed by atoms with Crippen LogP contribution in [0.15, 0.2) is 58.8 Å². The van der Waals surface area contributed by atoms with Crippen LogP contribution in [0.4, 0.5) is 11.4 Å². The summed E-state index contributed by atoms with van der Waals surface area (Å²) in [6.45, 7) is 3.24. The van der Waals surface area contributed by atoms with E-state index < -0.39 is 28.4 Å². The fourth-order valence-corrected chi connectivity index (χ4v) is 5.85. The molecule has 0 aliphatic carbocycles. The molecule has 33 heavy (non-hydrogen) atoms. The number of anilines is 2. The van der Waals surface area contributed by atoms with Gasteiger partial charge in [-0.2, -0.15) is 0 Å². The highest BCUT2D eigenvalue weighted by Crippen LogP contribution is 2.31. The summed E-state index contributed by atoms with van der Waals surface area (Å²) in [5, 5.41) is 4.19. The van der Waals surface area contributed by atoms with Gasteiger partial charge in [0.15, 0.2) is 0 Å². The van der Waals surface area contributed by atoms with Crippen molar-refractivity contribution < 1.29 is 27.5 Å². The van der Waals surface area contributed by atoms with Crippen LogP contribution in [0.5, 0.6) is 5.75 Å². The molecule has 0 aliphatic heterocycles. The normalized spacial score (nSPS) is 11.0. The SMILES string of the molecule is COC(=O)c1sccc1S(=O)(=O)N(CC(=O)Nc1ccccc1OC)c1ccc(C)c(C)c1. The monoisotopic (exact) mass is 488 g/mol. The quantitative estimate of drug-likeness (QED) is 0.481. The Hall–Kier alpha value is -3.37. The molecule has 2 aromatic carbocycles. The first kappa shape index (κ1) is 24.3. The van der Waals surface area contributed by atoms with Crippen LogP contribution in [0.3, 0.4) is 0 Å². The number of nitrogens with zero attached hydrogens (tertiary/aromatic N) is 1. The van der Waals surface area contributed by atoms with Gasteiger partial charge in [0.05, 0.1) is 25.6 Å². The topological polar surface area (TPSA) is 102 Å². The molecule has 1 aromatic heterocycles. The average molecular weight is 489 g/mol. The van der Waals surface area contributed by atoms with Gasteiger partial charge in [0.1, 0.15) is 22.1 Å². The number of carbonyl (C=O) groups is 2. The minimum Gasteiger partial charge on any atom is -0.495 e. The largest absolute Gasteiger partial charge is 0.495 e. The molecular weight excluding hydrogens is 464 g/mol. The maximum absolute atomic E-state index is 13.7. The van der Waals surface area contributed by atoms with Crippen molar-refractivity contribution in [3.8, 4) is 5.75 Å². The number of amides is 1. The second kappa shape index (κ2) is 10.1. The molecule has 174 valence electrons. The molecule has 1 N–H and O–H groups in total. The molecule has 0 saturated carbocycles. The van der Waals surface area contributed by atoms with E-state index in [0.29, 0.717) is 17.1 Å². The van der Waals surface area contributed by atoms with Gasteiger partial charge in [0.2, 0.25) is 5.91 Å². The fraction of sp³-hybridized carbons (Fsp3) is 0.217. The van der Waals surface area contributed by atoms with Crippen LogP contribution >= 0.6 is 11.3 Å². The van der Waals surface area contributed by atoms with Crippen molar-refractivity contribution in [1.29, 1.82) is 0 Å². The third-order valence-corrected chi connectivity index (χ3v) is 7.85. The number of hydrogen-bond donors (Lipinski definition) is 1. The maximum atomic E-state index is 13.7. The summed E-state index contributed by atoms with van der Waals surface area (Å²) in [4.78, 5) is 24.8. The van der Waals surface area contributed by atoms with Crippen molar-refractivity contribution in [2.75, 3.05) is 30.4 Å². The molecule has 1 amide bonds. The molecule has 0 radical (unpaired) electrons.